The fourth-order valence-electron chi connectivity index (χ4n) is 4.50. The van der Waals surface area contributed by atoms with Crippen LogP contribution in [0.25, 0.3) is 0 Å². The summed E-state index contributed by atoms with van der Waals surface area (Å²) in [7, 11) is 0. The van der Waals surface area contributed by atoms with Gasteiger partial charge in [0.15, 0.2) is 0 Å². The minimum absolute atomic E-state index is 0.218. The van der Waals surface area contributed by atoms with Crippen LogP contribution in [0.15, 0.2) is 30.3 Å². The van der Waals surface area contributed by atoms with E-state index in [0.717, 1.165) is 44.5 Å². The number of ether oxygens (including phenoxy) is 1. The number of rotatable bonds is 13. The Balaban J connectivity index is 2.01. The molecule has 1 aliphatic heterocycles. The van der Waals surface area contributed by atoms with Gasteiger partial charge in [0.05, 0.1) is 12.0 Å². The zero-order valence-corrected chi connectivity index (χ0v) is 21.7. The van der Waals surface area contributed by atoms with Crippen molar-refractivity contribution in [3.05, 3.63) is 35.9 Å². The summed E-state index contributed by atoms with van der Waals surface area (Å²) in [6.07, 6.45) is 5.16. The van der Waals surface area contributed by atoms with Crippen molar-refractivity contribution in [1.29, 1.82) is 0 Å². The molecule has 1 aromatic carbocycles. The predicted octanol–water partition coefficient (Wildman–Crippen LogP) is 3.33. The zero-order chi connectivity index (χ0) is 25.8. The molecule has 2 rings (SSSR count). The van der Waals surface area contributed by atoms with E-state index in [9.17, 15) is 19.6 Å². The highest BCUT2D eigenvalue weighted by Gasteiger charge is 2.36. The van der Waals surface area contributed by atoms with E-state index in [0.29, 0.717) is 36.8 Å². The molecular weight excluding hydrogens is 446 g/mol. The molecule has 0 saturated carbocycles. The fourth-order valence-corrected chi connectivity index (χ4v) is 4.50. The molecule has 1 aromatic rings. The summed E-state index contributed by atoms with van der Waals surface area (Å²) < 4.78 is 5.40. The van der Waals surface area contributed by atoms with Gasteiger partial charge in [0, 0.05) is 19.8 Å². The smallest absolute Gasteiger partial charge is 0.243 e. The number of amides is 3. The van der Waals surface area contributed by atoms with E-state index in [-0.39, 0.29) is 11.8 Å². The number of benzene rings is 1. The van der Waals surface area contributed by atoms with Crippen molar-refractivity contribution in [1.82, 2.24) is 15.7 Å². The summed E-state index contributed by atoms with van der Waals surface area (Å²) in [5.74, 6) is -0.676. The van der Waals surface area contributed by atoms with Gasteiger partial charge in [-0.25, -0.2) is 5.06 Å². The van der Waals surface area contributed by atoms with Gasteiger partial charge in [0.1, 0.15) is 6.04 Å². The molecular formula is C27H43N3O5. The molecule has 1 heterocycles. The van der Waals surface area contributed by atoms with Crippen LogP contribution >= 0.6 is 0 Å². The van der Waals surface area contributed by atoms with Gasteiger partial charge < -0.3 is 15.4 Å². The number of nitrogens with zero attached hydrogens (tertiary/aromatic N) is 1. The quantitative estimate of drug-likeness (QED) is 0.224. The average molecular weight is 490 g/mol. The molecule has 1 saturated heterocycles. The summed E-state index contributed by atoms with van der Waals surface area (Å²) in [5, 5.41) is 16.5. The second-order valence-electron chi connectivity index (χ2n) is 10.7. The third-order valence-corrected chi connectivity index (χ3v) is 6.88. The van der Waals surface area contributed by atoms with Crippen LogP contribution in [-0.4, -0.2) is 60.3 Å². The molecule has 0 aromatic heterocycles. The van der Waals surface area contributed by atoms with E-state index in [1.54, 1.807) is 6.92 Å². The minimum Gasteiger partial charge on any atom is -0.381 e. The van der Waals surface area contributed by atoms with Crippen LogP contribution in [-0.2, 0) is 25.5 Å². The van der Waals surface area contributed by atoms with E-state index in [1.807, 2.05) is 51.1 Å². The van der Waals surface area contributed by atoms with E-state index >= 15 is 0 Å². The fraction of sp³-hybridized carbons (Fsp3) is 0.667. The standard InChI is InChI=1S/C27H43N3O5/c1-20(30(34)19-31)23(12-8-11-21-9-6-5-7-10-21)25(32)29-24(27(2,3)4)26(33)28-16-13-22-14-17-35-18-15-22/h5-7,9-10,19-20,22-24,34H,8,11-18H2,1-4H3,(H,28,33)(H,29,32)/t20-,23+,24+/m0/s1. The van der Waals surface area contributed by atoms with Crippen LogP contribution in [0.2, 0.25) is 0 Å². The van der Waals surface area contributed by atoms with Gasteiger partial charge in [-0.15, -0.1) is 0 Å². The lowest BCUT2D eigenvalue weighted by molar-refractivity contribution is -0.166. The molecule has 0 spiro atoms. The molecule has 196 valence electrons. The number of aryl methyl sites for hydroxylation is 1. The molecule has 3 atom stereocenters. The van der Waals surface area contributed by atoms with E-state index < -0.39 is 23.4 Å². The maximum atomic E-state index is 13.4. The monoisotopic (exact) mass is 489 g/mol. The molecule has 8 nitrogen and oxygen atoms in total. The first-order valence-electron chi connectivity index (χ1n) is 12.8. The molecule has 0 bridgehead atoms. The Morgan fingerprint density at radius 1 is 1.17 bits per heavy atom. The van der Waals surface area contributed by atoms with E-state index in [2.05, 4.69) is 10.6 Å². The van der Waals surface area contributed by atoms with Gasteiger partial charge in [-0.1, -0.05) is 51.1 Å². The predicted molar refractivity (Wildman–Crippen MR) is 135 cm³/mol. The number of hydrogen-bond donors (Lipinski definition) is 3. The van der Waals surface area contributed by atoms with Crippen LogP contribution in [0, 0.1) is 17.3 Å². The Hall–Kier alpha value is -2.45. The van der Waals surface area contributed by atoms with Crippen molar-refractivity contribution < 1.29 is 24.3 Å². The van der Waals surface area contributed by atoms with Crippen molar-refractivity contribution in [2.45, 2.75) is 78.3 Å². The molecule has 1 aliphatic rings. The lowest BCUT2D eigenvalue weighted by atomic mass is 9.84. The normalized spacial score (nSPS) is 17.2. The third-order valence-electron chi connectivity index (χ3n) is 6.88. The topological polar surface area (TPSA) is 108 Å². The third kappa shape index (κ3) is 9.61. The molecule has 0 radical (unpaired) electrons. The summed E-state index contributed by atoms with van der Waals surface area (Å²) in [6.45, 7) is 9.46. The second kappa shape index (κ2) is 14.2. The van der Waals surface area contributed by atoms with E-state index in [4.69, 9.17) is 4.74 Å². The van der Waals surface area contributed by atoms with E-state index in [1.165, 1.54) is 0 Å². The maximum Gasteiger partial charge on any atom is 0.243 e. The van der Waals surface area contributed by atoms with Crippen molar-refractivity contribution in [2.24, 2.45) is 17.3 Å². The van der Waals surface area contributed by atoms with Gasteiger partial charge in [0.25, 0.3) is 0 Å². The Morgan fingerprint density at radius 2 is 1.83 bits per heavy atom. The largest absolute Gasteiger partial charge is 0.381 e. The highest BCUT2D eigenvalue weighted by atomic mass is 16.5. The lowest BCUT2D eigenvalue weighted by Gasteiger charge is -2.34. The van der Waals surface area contributed by atoms with Crippen LogP contribution in [0.1, 0.15) is 65.4 Å². The zero-order valence-electron chi connectivity index (χ0n) is 21.7. The second-order valence-corrected chi connectivity index (χ2v) is 10.7. The SMILES string of the molecule is C[C@@H]([C@@H](CCCc1ccccc1)C(=O)N[C@H](C(=O)NCCC1CCOCC1)C(C)(C)C)N(O)C=O. The number of carbonyl (C=O) groups excluding carboxylic acids is 3. The molecule has 1 fully saturated rings. The van der Waals surface area contributed by atoms with Crippen molar-refractivity contribution in [2.75, 3.05) is 19.8 Å². The minimum atomic E-state index is -0.739. The molecule has 3 N–H and O–H groups in total. The molecule has 3 amide bonds. The molecule has 0 unspecified atom stereocenters. The first kappa shape index (κ1) is 28.8. The Labute approximate surface area is 209 Å². The van der Waals surface area contributed by atoms with Gasteiger partial charge in [-0.3, -0.25) is 19.6 Å². The molecule has 0 aliphatic carbocycles. The maximum absolute atomic E-state index is 13.4. The number of nitrogens with one attached hydrogen (secondary N) is 2. The van der Waals surface area contributed by atoms with Gasteiger partial charge in [-0.05, 0) is 62.3 Å². The van der Waals surface area contributed by atoms with Crippen LogP contribution in [0.3, 0.4) is 0 Å². The molecule has 35 heavy (non-hydrogen) atoms. The van der Waals surface area contributed by atoms with Crippen molar-refractivity contribution >= 4 is 18.2 Å². The Morgan fingerprint density at radius 3 is 2.43 bits per heavy atom. The van der Waals surface area contributed by atoms with Gasteiger partial charge in [0.2, 0.25) is 18.2 Å². The Kier molecular flexibility index (Phi) is 11.7. The number of hydroxylamine groups is 2. The van der Waals surface area contributed by atoms with Gasteiger partial charge in [-0.2, -0.15) is 0 Å². The lowest BCUT2D eigenvalue weighted by Crippen LogP contribution is -2.56. The summed E-state index contributed by atoms with van der Waals surface area (Å²) in [4.78, 5) is 37.6. The van der Waals surface area contributed by atoms with Crippen LogP contribution < -0.4 is 10.6 Å². The van der Waals surface area contributed by atoms with Crippen LogP contribution in [0.5, 0.6) is 0 Å². The van der Waals surface area contributed by atoms with Gasteiger partial charge >= 0.3 is 0 Å². The average Bonchev–Trinajstić information content (AvgIpc) is 2.84. The number of hydrogen-bond acceptors (Lipinski definition) is 5. The number of carbonyl (C=O) groups is 3. The Bertz CT molecular complexity index is 790. The summed E-state index contributed by atoms with van der Waals surface area (Å²) in [5.41, 5.74) is 0.645. The van der Waals surface area contributed by atoms with Crippen molar-refractivity contribution in [3.63, 3.8) is 0 Å². The highest BCUT2D eigenvalue weighted by molar-refractivity contribution is 5.89. The first-order chi connectivity index (χ1) is 16.6. The summed E-state index contributed by atoms with van der Waals surface area (Å²) in [6, 6.07) is 8.50. The first-order valence-corrected chi connectivity index (χ1v) is 12.8. The summed E-state index contributed by atoms with van der Waals surface area (Å²) >= 11 is 0. The highest BCUT2D eigenvalue weighted by Crippen LogP contribution is 2.23. The van der Waals surface area contributed by atoms with Crippen molar-refractivity contribution in [3.8, 4) is 0 Å². The van der Waals surface area contributed by atoms with Crippen LogP contribution in [0.4, 0.5) is 0 Å². The molecule has 8 heteroatoms.